The lowest BCUT2D eigenvalue weighted by Crippen LogP contribution is -2.42. The smallest absolute Gasteiger partial charge is 0.407 e. The Hall–Kier alpha value is -0.240. The van der Waals surface area contributed by atoms with Crippen LogP contribution in [0.5, 0.6) is 0 Å². The molecule has 1 fully saturated rings. The van der Waals surface area contributed by atoms with Crippen LogP contribution >= 0.6 is 45.8 Å². The van der Waals surface area contributed by atoms with E-state index in [1.54, 1.807) is 6.07 Å². The van der Waals surface area contributed by atoms with Gasteiger partial charge in [0.05, 0.1) is 28.8 Å². The van der Waals surface area contributed by atoms with Crippen molar-refractivity contribution in [2.75, 3.05) is 17.5 Å². The van der Waals surface area contributed by atoms with Gasteiger partial charge in [-0.3, -0.25) is 0 Å². The Labute approximate surface area is 166 Å². The second-order valence-electron chi connectivity index (χ2n) is 7.15. The predicted octanol–water partition coefficient (Wildman–Crippen LogP) is 5.31. The van der Waals surface area contributed by atoms with Crippen LogP contribution < -0.4 is 0 Å². The normalized spacial score (nSPS) is 25.4. The van der Waals surface area contributed by atoms with Crippen LogP contribution in [-0.4, -0.2) is 45.8 Å². The molecule has 1 amide bonds. The van der Waals surface area contributed by atoms with Gasteiger partial charge in [-0.2, -0.15) is 0 Å². The van der Waals surface area contributed by atoms with Gasteiger partial charge < -0.3 is 14.7 Å². The van der Waals surface area contributed by atoms with Gasteiger partial charge >= 0.3 is 6.09 Å². The third-order valence-electron chi connectivity index (χ3n) is 4.35. The van der Waals surface area contributed by atoms with E-state index in [0.29, 0.717) is 23.1 Å². The summed E-state index contributed by atoms with van der Waals surface area (Å²) in [5.74, 6) is -0.0832. The average molecular weight is 486 g/mol. The molecule has 1 saturated heterocycles. The van der Waals surface area contributed by atoms with Crippen LogP contribution in [0.2, 0.25) is 10.0 Å². The Balaban J connectivity index is 2.41. The molecule has 0 saturated carbocycles. The molecule has 7 heteroatoms. The van der Waals surface area contributed by atoms with Gasteiger partial charge in [0.2, 0.25) is 0 Å². The Morgan fingerprint density at radius 1 is 1.33 bits per heavy atom. The Bertz CT molecular complexity index is 606. The maximum absolute atomic E-state index is 11.7. The summed E-state index contributed by atoms with van der Waals surface area (Å²) in [6.45, 7) is 6.96. The molecule has 1 aliphatic heterocycles. The van der Waals surface area contributed by atoms with Gasteiger partial charge in [0.25, 0.3) is 0 Å². The van der Waals surface area contributed by atoms with Crippen molar-refractivity contribution in [1.82, 2.24) is 4.90 Å². The molecule has 2 rings (SSSR count). The molecule has 1 aliphatic rings. The highest BCUT2D eigenvalue weighted by atomic mass is 127. The van der Waals surface area contributed by atoms with Crippen molar-refractivity contribution in [1.29, 1.82) is 0 Å². The third kappa shape index (κ3) is 4.68. The number of halogens is 3. The minimum Gasteiger partial charge on any atom is -0.465 e. The number of benzene rings is 1. The van der Waals surface area contributed by atoms with E-state index in [2.05, 4.69) is 43.4 Å². The molecule has 0 bridgehead atoms. The van der Waals surface area contributed by atoms with Gasteiger partial charge in [-0.1, -0.05) is 72.6 Å². The van der Waals surface area contributed by atoms with E-state index in [4.69, 9.17) is 27.9 Å². The molecule has 0 aromatic heterocycles. The number of carboxylic acid groups (broad SMARTS) is 1. The fraction of sp³-hybridized carbons (Fsp3) is 0.588. The van der Waals surface area contributed by atoms with Crippen molar-refractivity contribution in [3.05, 3.63) is 33.8 Å². The molecule has 1 N–H and O–H groups in total. The summed E-state index contributed by atoms with van der Waals surface area (Å²) in [6.07, 6.45) is -1.18. The second-order valence-corrected chi connectivity index (χ2v) is 8.85. The minimum absolute atomic E-state index is 0.0832. The lowest BCUT2D eigenvalue weighted by molar-refractivity contribution is -0.0555. The van der Waals surface area contributed by atoms with Crippen molar-refractivity contribution in [3.8, 4) is 0 Å². The molecule has 134 valence electrons. The molecule has 24 heavy (non-hydrogen) atoms. The lowest BCUT2D eigenvalue weighted by atomic mass is 9.88. The van der Waals surface area contributed by atoms with Crippen molar-refractivity contribution in [3.63, 3.8) is 0 Å². The van der Waals surface area contributed by atoms with E-state index in [0.717, 1.165) is 9.99 Å². The Kier molecular flexibility index (Phi) is 6.67. The quantitative estimate of drug-likeness (QED) is 0.456. The van der Waals surface area contributed by atoms with E-state index in [1.165, 1.54) is 4.90 Å². The number of rotatable bonds is 2. The summed E-state index contributed by atoms with van der Waals surface area (Å²) < 4.78 is 7.12. The summed E-state index contributed by atoms with van der Waals surface area (Å²) in [4.78, 5) is 13.1. The first-order valence-electron chi connectivity index (χ1n) is 7.77. The molecule has 1 aromatic rings. The van der Waals surface area contributed by atoms with E-state index >= 15 is 0 Å². The summed E-state index contributed by atoms with van der Waals surface area (Å²) in [5.41, 5.74) is 0.802. The standard InChI is InChI=1S/C17H22Cl2INO3/c1-17(2,3)15-9-21(16(22)23)8-11(14(7-20)24-15)10-4-5-12(18)13(19)6-10/h4-6,11,14-15H,7-9H2,1-3H3,(H,22,23). The second kappa shape index (κ2) is 7.98. The number of ether oxygens (including phenoxy) is 1. The van der Waals surface area contributed by atoms with Gasteiger partial charge in [-0.15, -0.1) is 0 Å². The molecule has 3 unspecified atom stereocenters. The molecule has 0 spiro atoms. The monoisotopic (exact) mass is 485 g/mol. The van der Waals surface area contributed by atoms with E-state index in [1.807, 2.05) is 12.1 Å². The number of hydrogen-bond donors (Lipinski definition) is 1. The highest BCUT2D eigenvalue weighted by molar-refractivity contribution is 14.1. The van der Waals surface area contributed by atoms with Gasteiger partial charge in [0, 0.05) is 16.9 Å². The summed E-state index contributed by atoms with van der Waals surface area (Å²) in [5, 5.41) is 10.6. The maximum Gasteiger partial charge on any atom is 0.407 e. The highest BCUT2D eigenvalue weighted by Gasteiger charge is 2.39. The van der Waals surface area contributed by atoms with Crippen LogP contribution in [-0.2, 0) is 4.74 Å². The zero-order valence-corrected chi connectivity index (χ0v) is 17.6. The molecule has 4 nitrogen and oxygen atoms in total. The van der Waals surface area contributed by atoms with Crippen LogP contribution in [0.4, 0.5) is 4.79 Å². The Morgan fingerprint density at radius 2 is 2.00 bits per heavy atom. The summed E-state index contributed by atoms with van der Waals surface area (Å²) in [7, 11) is 0. The first-order chi connectivity index (χ1) is 11.1. The molecule has 3 atom stereocenters. The number of hydrogen-bond acceptors (Lipinski definition) is 2. The van der Waals surface area contributed by atoms with E-state index < -0.39 is 6.09 Å². The largest absolute Gasteiger partial charge is 0.465 e. The van der Waals surface area contributed by atoms with Crippen molar-refractivity contribution < 1.29 is 14.6 Å². The molecular weight excluding hydrogens is 464 g/mol. The average Bonchev–Trinajstić information content (AvgIpc) is 2.69. The number of amides is 1. The van der Waals surface area contributed by atoms with Gasteiger partial charge in [0.15, 0.2) is 0 Å². The zero-order chi connectivity index (χ0) is 18.1. The van der Waals surface area contributed by atoms with Crippen LogP contribution in [0.15, 0.2) is 18.2 Å². The molecular formula is C17H22Cl2INO3. The fourth-order valence-corrected chi connectivity index (χ4v) is 3.95. The first kappa shape index (κ1) is 20.1. The van der Waals surface area contributed by atoms with Gasteiger partial charge in [0.1, 0.15) is 0 Å². The zero-order valence-electron chi connectivity index (χ0n) is 13.9. The van der Waals surface area contributed by atoms with E-state index in [-0.39, 0.29) is 23.5 Å². The van der Waals surface area contributed by atoms with Crippen LogP contribution in [0.1, 0.15) is 32.3 Å². The van der Waals surface area contributed by atoms with Crippen LogP contribution in [0.25, 0.3) is 0 Å². The highest BCUT2D eigenvalue weighted by Crippen LogP contribution is 2.36. The molecule has 1 heterocycles. The molecule has 0 aliphatic carbocycles. The van der Waals surface area contributed by atoms with Gasteiger partial charge in [-0.25, -0.2) is 4.79 Å². The predicted molar refractivity (Wildman–Crippen MR) is 106 cm³/mol. The van der Waals surface area contributed by atoms with Crippen LogP contribution in [0.3, 0.4) is 0 Å². The van der Waals surface area contributed by atoms with Crippen molar-refractivity contribution in [2.24, 2.45) is 5.41 Å². The Morgan fingerprint density at radius 3 is 2.50 bits per heavy atom. The number of carbonyl (C=O) groups is 1. The number of alkyl halides is 1. The summed E-state index contributed by atoms with van der Waals surface area (Å²) in [6, 6.07) is 5.47. The fourth-order valence-electron chi connectivity index (χ4n) is 2.82. The van der Waals surface area contributed by atoms with Crippen molar-refractivity contribution in [2.45, 2.75) is 38.9 Å². The van der Waals surface area contributed by atoms with Gasteiger partial charge in [-0.05, 0) is 23.1 Å². The van der Waals surface area contributed by atoms with E-state index in [9.17, 15) is 9.90 Å². The minimum atomic E-state index is -0.924. The summed E-state index contributed by atoms with van der Waals surface area (Å²) >= 11 is 14.5. The maximum atomic E-state index is 11.7. The first-order valence-corrected chi connectivity index (χ1v) is 10.1. The molecule has 0 radical (unpaired) electrons. The topological polar surface area (TPSA) is 49.8 Å². The SMILES string of the molecule is CC(C)(C)C1CN(C(=O)O)CC(c2ccc(Cl)c(Cl)c2)C(CI)O1. The third-order valence-corrected chi connectivity index (χ3v) is 5.96. The van der Waals surface area contributed by atoms with Crippen molar-refractivity contribution >= 4 is 51.9 Å². The van der Waals surface area contributed by atoms with Crippen LogP contribution in [0, 0.1) is 5.41 Å². The number of nitrogens with zero attached hydrogens (tertiary/aromatic N) is 1. The lowest BCUT2D eigenvalue weighted by Gasteiger charge is -2.33. The molecule has 1 aromatic carbocycles.